The molecule has 1 atom stereocenters. The van der Waals surface area contributed by atoms with Crippen LogP contribution in [0.5, 0.6) is 5.75 Å². The Labute approximate surface area is 122 Å². The van der Waals surface area contributed by atoms with Crippen LogP contribution in [-0.4, -0.2) is 38.1 Å². The summed E-state index contributed by atoms with van der Waals surface area (Å²) in [5.74, 6) is 0.101. The van der Waals surface area contributed by atoms with E-state index >= 15 is 0 Å². The molecule has 0 unspecified atom stereocenters. The monoisotopic (exact) mass is 297 g/mol. The lowest BCUT2D eigenvalue weighted by Gasteiger charge is -2.12. The van der Waals surface area contributed by atoms with Gasteiger partial charge in [0.1, 0.15) is 5.75 Å². The van der Waals surface area contributed by atoms with Crippen LogP contribution in [0.25, 0.3) is 0 Å². The van der Waals surface area contributed by atoms with Gasteiger partial charge in [0.2, 0.25) is 0 Å². The van der Waals surface area contributed by atoms with Crippen LogP contribution in [-0.2, 0) is 9.53 Å². The van der Waals surface area contributed by atoms with E-state index in [1.54, 1.807) is 12.1 Å². The second-order valence-electron chi connectivity index (χ2n) is 4.53. The Morgan fingerprint density at radius 2 is 2.40 bits per heavy atom. The topological polar surface area (TPSA) is 64.6 Å². The van der Waals surface area contributed by atoms with Crippen LogP contribution in [0, 0.1) is 0 Å². The minimum atomic E-state index is -0.243. The number of carbonyl (C=O) groups excluding carboxylic acids is 2. The Morgan fingerprint density at radius 1 is 1.55 bits per heavy atom. The fraction of sp³-hybridized carbons (Fsp3) is 0.429. The minimum Gasteiger partial charge on any atom is -0.483 e. The van der Waals surface area contributed by atoms with Crippen LogP contribution in [0.15, 0.2) is 18.2 Å². The van der Waals surface area contributed by atoms with Crippen molar-refractivity contribution in [3.8, 4) is 5.75 Å². The SMILES string of the molecule is O=Cc1cc(Cl)ccc1OCC(=O)NC[C@H]1CCCO1. The second kappa shape index (κ2) is 7.26. The Bertz CT molecular complexity index is 486. The second-order valence-corrected chi connectivity index (χ2v) is 4.96. The smallest absolute Gasteiger partial charge is 0.258 e. The molecule has 0 saturated carbocycles. The fourth-order valence-electron chi connectivity index (χ4n) is 1.97. The Hall–Kier alpha value is -1.59. The van der Waals surface area contributed by atoms with Crippen LogP contribution < -0.4 is 10.1 Å². The van der Waals surface area contributed by atoms with Crippen LogP contribution in [0.2, 0.25) is 5.02 Å². The van der Waals surface area contributed by atoms with Crippen molar-refractivity contribution in [2.24, 2.45) is 0 Å². The molecule has 20 heavy (non-hydrogen) atoms. The molecule has 1 aromatic carbocycles. The summed E-state index contributed by atoms with van der Waals surface area (Å²) in [6, 6.07) is 4.67. The summed E-state index contributed by atoms with van der Waals surface area (Å²) < 4.78 is 10.7. The molecule has 1 heterocycles. The van der Waals surface area contributed by atoms with E-state index in [4.69, 9.17) is 21.1 Å². The summed E-state index contributed by atoms with van der Waals surface area (Å²) in [6.07, 6.45) is 2.74. The summed E-state index contributed by atoms with van der Waals surface area (Å²) in [6.45, 7) is 1.10. The van der Waals surface area contributed by atoms with Gasteiger partial charge in [0.15, 0.2) is 12.9 Å². The van der Waals surface area contributed by atoms with Gasteiger partial charge in [-0.2, -0.15) is 0 Å². The number of benzene rings is 1. The summed E-state index contributed by atoms with van der Waals surface area (Å²) in [5, 5.41) is 3.19. The van der Waals surface area contributed by atoms with Crippen molar-refractivity contribution in [2.75, 3.05) is 19.8 Å². The van der Waals surface area contributed by atoms with E-state index in [0.717, 1.165) is 19.4 Å². The Kier molecular flexibility index (Phi) is 5.38. The lowest BCUT2D eigenvalue weighted by atomic mass is 10.2. The van der Waals surface area contributed by atoms with Gasteiger partial charge in [-0.1, -0.05) is 11.6 Å². The number of hydrogen-bond donors (Lipinski definition) is 1. The zero-order valence-corrected chi connectivity index (χ0v) is 11.7. The molecule has 1 aliphatic heterocycles. The van der Waals surface area contributed by atoms with Gasteiger partial charge < -0.3 is 14.8 Å². The molecule has 0 spiro atoms. The van der Waals surface area contributed by atoms with Gasteiger partial charge in [0, 0.05) is 18.2 Å². The molecule has 108 valence electrons. The van der Waals surface area contributed by atoms with Crippen molar-refractivity contribution in [1.82, 2.24) is 5.32 Å². The number of aldehydes is 1. The maximum absolute atomic E-state index is 11.6. The maximum Gasteiger partial charge on any atom is 0.258 e. The van der Waals surface area contributed by atoms with Gasteiger partial charge in [-0.3, -0.25) is 9.59 Å². The average Bonchev–Trinajstić information content (AvgIpc) is 2.97. The summed E-state index contributed by atoms with van der Waals surface area (Å²) in [4.78, 5) is 22.5. The molecule has 0 bridgehead atoms. The van der Waals surface area contributed by atoms with Gasteiger partial charge in [0.25, 0.3) is 5.91 Å². The third-order valence-corrected chi connectivity index (χ3v) is 3.24. The first kappa shape index (κ1) is 14.8. The number of rotatable bonds is 6. The van der Waals surface area contributed by atoms with Gasteiger partial charge in [-0.05, 0) is 31.0 Å². The molecule has 1 saturated heterocycles. The first-order chi connectivity index (χ1) is 9.69. The normalized spacial score (nSPS) is 17.8. The lowest BCUT2D eigenvalue weighted by Crippen LogP contribution is -2.35. The third kappa shape index (κ3) is 4.21. The van der Waals surface area contributed by atoms with E-state index in [9.17, 15) is 9.59 Å². The van der Waals surface area contributed by atoms with Crippen molar-refractivity contribution >= 4 is 23.8 Å². The molecular formula is C14H16ClNO4. The van der Waals surface area contributed by atoms with Gasteiger partial charge in [-0.15, -0.1) is 0 Å². The largest absolute Gasteiger partial charge is 0.483 e. The Balaban J connectivity index is 1.79. The molecule has 1 amide bonds. The predicted octanol–water partition coefficient (Wildman–Crippen LogP) is 1.83. The number of nitrogens with one attached hydrogen (secondary N) is 1. The van der Waals surface area contributed by atoms with E-state index in [2.05, 4.69) is 5.32 Å². The zero-order valence-electron chi connectivity index (χ0n) is 10.9. The number of hydrogen-bond acceptors (Lipinski definition) is 4. The van der Waals surface area contributed by atoms with E-state index < -0.39 is 0 Å². The molecule has 0 aromatic heterocycles. The van der Waals surface area contributed by atoms with Crippen molar-refractivity contribution in [3.05, 3.63) is 28.8 Å². The van der Waals surface area contributed by atoms with Crippen molar-refractivity contribution in [2.45, 2.75) is 18.9 Å². The Morgan fingerprint density at radius 3 is 3.10 bits per heavy atom. The first-order valence-corrected chi connectivity index (χ1v) is 6.82. The highest BCUT2D eigenvalue weighted by Crippen LogP contribution is 2.21. The standard InChI is InChI=1S/C14H16ClNO4/c15-11-3-4-13(10(6-11)8-17)20-9-14(18)16-7-12-2-1-5-19-12/h3-4,6,8,12H,1-2,5,7,9H2,(H,16,18)/t12-/m1/s1. The van der Waals surface area contributed by atoms with Crippen molar-refractivity contribution < 1.29 is 19.1 Å². The summed E-state index contributed by atoms with van der Waals surface area (Å²) >= 11 is 5.77. The third-order valence-electron chi connectivity index (χ3n) is 3.01. The van der Waals surface area contributed by atoms with Crippen LogP contribution in [0.1, 0.15) is 23.2 Å². The molecule has 6 heteroatoms. The number of amides is 1. The van der Waals surface area contributed by atoms with Gasteiger partial charge in [-0.25, -0.2) is 0 Å². The first-order valence-electron chi connectivity index (χ1n) is 6.45. The van der Waals surface area contributed by atoms with E-state index in [0.29, 0.717) is 29.2 Å². The molecule has 0 aliphatic carbocycles. The van der Waals surface area contributed by atoms with Crippen molar-refractivity contribution in [3.63, 3.8) is 0 Å². The van der Waals surface area contributed by atoms with E-state index in [1.165, 1.54) is 6.07 Å². The average molecular weight is 298 g/mol. The summed E-state index contributed by atoms with van der Waals surface area (Å²) in [5.41, 5.74) is 0.324. The quantitative estimate of drug-likeness (QED) is 0.814. The van der Waals surface area contributed by atoms with Crippen LogP contribution in [0.3, 0.4) is 0 Å². The molecule has 2 rings (SSSR count). The predicted molar refractivity (Wildman–Crippen MR) is 74.3 cm³/mol. The minimum absolute atomic E-state index is 0.0972. The van der Waals surface area contributed by atoms with Crippen molar-refractivity contribution in [1.29, 1.82) is 0 Å². The molecule has 1 aromatic rings. The van der Waals surface area contributed by atoms with Gasteiger partial charge in [0.05, 0.1) is 11.7 Å². The summed E-state index contributed by atoms with van der Waals surface area (Å²) in [7, 11) is 0. The zero-order chi connectivity index (χ0) is 14.4. The van der Waals surface area contributed by atoms with Crippen LogP contribution in [0.4, 0.5) is 0 Å². The maximum atomic E-state index is 11.6. The molecule has 5 nitrogen and oxygen atoms in total. The highest BCUT2D eigenvalue weighted by molar-refractivity contribution is 6.30. The van der Waals surface area contributed by atoms with E-state index in [-0.39, 0.29) is 18.6 Å². The fourth-order valence-corrected chi connectivity index (χ4v) is 2.15. The molecule has 1 aliphatic rings. The number of carbonyl (C=O) groups is 2. The molecule has 1 N–H and O–H groups in total. The number of ether oxygens (including phenoxy) is 2. The van der Waals surface area contributed by atoms with E-state index in [1.807, 2.05) is 0 Å². The molecular weight excluding hydrogens is 282 g/mol. The lowest BCUT2D eigenvalue weighted by molar-refractivity contribution is -0.123. The molecule has 0 radical (unpaired) electrons. The highest BCUT2D eigenvalue weighted by atomic mass is 35.5. The van der Waals surface area contributed by atoms with Crippen LogP contribution >= 0.6 is 11.6 Å². The van der Waals surface area contributed by atoms with Gasteiger partial charge >= 0.3 is 0 Å². The molecule has 1 fully saturated rings. The number of halogens is 1. The highest BCUT2D eigenvalue weighted by Gasteiger charge is 2.16.